The van der Waals surface area contributed by atoms with Crippen molar-refractivity contribution in [3.05, 3.63) is 100 Å². The molecule has 0 saturated carbocycles. The summed E-state index contributed by atoms with van der Waals surface area (Å²) in [5.74, 6) is -1.58. The predicted octanol–water partition coefficient (Wildman–Crippen LogP) is 3.48. The van der Waals surface area contributed by atoms with Gasteiger partial charge >= 0.3 is 0 Å². The Labute approximate surface area is 188 Å². The van der Waals surface area contributed by atoms with E-state index >= 15 is 0 Å². The van der Waals surface area contributed by atoms with Crippen LogP contribution in [-0.2, 0) is 13.1 Å². The van der Waals surface area contributed by atoms with E-state index in [0.717, 1.165) is 11.1 Å². The van der Waals surface area contributed by atoms with Crippen LogP contribution >= 0.6 is 0 Å². The molecule has 168 valence electrons. The van der Waals surface area contributed by atoms with Gasteiger partial charge in [-0.05, 0) is 48.2 Å². The lowest BCUT2D eigenvalue weighted by molar-refractivity contribution is 0.0942. The second-order valence-electron chi connectivity index (χ2n) is 7.66. The normalized spacial score (nSPS) is 10.9. The number of halogens is 2. The molecule has 0 bridgehead atoms. The van der Waals surface area contributed by atoms with Crippen molar-refractivity contribution in [2.75, 3.05) is 0 Å². The molecule has 2 aromatic carbocycles. The Morgan fingerprint density at radius 3 is 2.00 bits per heavy atom. The zero-order valence-corrected chi connectivity index (χ0v) is 18.0. The first-order valence-corrected chi connectivity index (χ1v) is 10.2. The quantitative estimate of drug-likeness (QED) is 0.472. The highest BCUT2D eigenvalue weighted by Crippen LogP contribution is 2.12. The molecule has 0 aliphatic rings. The molecular formula is C24H21F2N5O2. The summed E-state index contributed by atoms with van der Waals surface area (Å²) in [5.41, 5.74) is 2.95. The highest BCUT2D eigenvalue weighted by molar-refractivity contribution is 5.98. The Kier molecular flexibility index (Phi) is 6.12. The van der Waals surface area contributed by atoms with Gasteiger partial charge in [0.1, 0.15) is 23.0 Å². The van der Waals surface area contributed by atoms with Crippen LogP contribution in [0.2, 0.25) is 0 Å². The number of carbonyl (C=O) groups is 2. The number of hydrogen-bond acceptors (Lipinski definition) is 4. The first kappa shape index (κ1) is 22.1. The molecule has 0 unspecified atom stereocenters. The minimum atomic E-state index is -0.483. The van der Waals surface area contributed by atoms with Crippen LogP contribution in [-0.4, -0.2) is 26.4 Å². The lowest BCUT2D eigenvalue weighted by Gasteiger charge is -2.10. The maximum atomic E-state index is 13.5. The summed E-state index contributed by atoms with van der Waals surface area (Å²) in [5, 5.41) is 9.60. The van der Waals surface area contributed by atoms with Crippen molar-refractivity contribution in [2.24, 2.45) is 0 Å². The van der Waals surface area contributed by atoms with Gasteiger partial charge in [0.25, 0.3) is 11.8 Å². The van der Waals surface area contributed by atoms with Crippen molar-refractivity contribution in [2.45, 2.75) is 26.9 Å². The Balaban J connectivity index is 1.51. The predicted molar refractivity (Wildman–Crippen MR) is 118 cm³/mol. The maximum Gasteiger partial charge on any atom is 0.270 e. The molecule has 2 aromatic heterocycles. The zero-order chi connectivity index (χ0) is 23.5. The monoisotopic (exact) mass is 449 g/mol. The number of fused-ring (bicyclic) bond motifs is 1. The lowest BCUT2D eigenvalue weighted by atomic mass is 10.1. The topological polar surface area (TPSA) is 88.4 Å². The van der Waals surface area contributed by atoms with Crippen molar-refractivity contribution >= 4 is 17.5 Å². The van der Waals surface area contributed by atoms with Gasteiger partial charge in [-0.3, -0.25) is 9.59 Å². The molecule has 0 fully saturated rings. The number of carbonyl (C=O) groups excluding carboxylic acids is 2. The van der Waals surface area contributed by atoms with Crippen molar-refractivity contribution in [1.29, 1.82) is 0 Å². The van der Waals surface area contributed by atoms with Gasteiger partial charge in [-0.15, -0.1) is 0 Å². The largest absolute Gasteiger partial charge is 0.347 e. The fourth-order valence-corrected chi connectivity index (χ4v) is 3.37. The molecule has 33 heavy (non-hydrogen) atoms. The molecule has 4 rings (SSSR count). The Morgan fingerprint density at radius 1 is 0.848 bits per heavy atom. The van der Waals surface area contributed by atoms with Crippen LogP contribution in [0, 0.1) is 25.5 Å². The van der Waals surface area contributed by atoms with E-state index in [-0.39, 0.29) is 36.1 Å². The third-order valence-electron chi connectivity index (χ3n) is 5.18. The van der Waals surface area contributed by atoms with Gasteiger partial charge in [0.15, 0.2) is 5.65 Å². The summed E-state index contributed by atoms with van der Waals surface area (Å²) in [6.07, 6.45) is 1.48. The van der Waals surface area contributed by atoms with E-state index < -0.39 is 11.8 Å². The number of aromatic nitrogens is 3. The van der Waals surface area contributed by atoms with Gasteiger partial charge in [-0.25, -0.2) is 18.3 Å². The Morgan fingerprint density at radius 2 is 1.42 bits per heavy atom. The van der Waals surface area contributed by atoms with E-state index in [1.807, 2.05) is 0 Å². The summed E-state index contributed by atoms with van der Waals surface area (Å²) in [6.45, 7) is 3.65. The molecule has 7 nitrogen and oxygen atoms in total. The molecule has 0 radical (unpaired) electrons. The minimum Gasteiger partial charge on any atom is -0.347 e. The van der Waals surface area contributed by atoms with Crippen molar-refractivity contribution in [3.8, 4) is 0 Å². The highest BCUT2D eigenvalue weighted by atomic mass is 19.1. The van der Waals surface area contributed by atoms with Crippen LogP contribution in [0.5, 0.6) is 0 Å². The fourth-order valence-electron chi connectivity index (χ4n) is 3.37. The van der Waals surface area contributed by atoms with Gasteiger partial charge < -0.3 is 10.6 Å². The third kappa shape index (κ3) is 4.87. The molecule has 9 heteroatoms. The Bertz CT molecular complexity index is 1370. The minimum absolute atomic E-state index is 0.0459. The van der Waals surface area contributed by atoms with E-state index in [0.29, 0.717) is 16.8 Å². The molecule has 2 amide bonds. The molecule has 0 aliphatic carbocycles. The lowest BCUT2D eigenvalue weighted by Crippen LogP contribution is -2.28. The fraction of sp³-hybridized carbons (Fsp3) is 0.167. The molecule has 2 N–H and O–H groups in total. The van der Waals surface area contributed by atoms with Crippen molar-refractivity contribution in [3.63, 3.8) is 0 Å². The summed E-state index contributed by atoms with van der Waals surface area (Å²) < 4.78 is 28.3. The molecular weight excluding hydrogens is 428 g/mol. The van der Waals surface area contributed by atoms with Crippen LogP contribution in [0.15, 0.2) is 54.7 Å². The summed E-state index contributed by atoms with van der Waals surface area (Å²) in [6, 6.07) is 12.1. The van der Waals surface area contributed by atoms with Crippen LogP contribution < -0.4 is 10.6 Å². The van der Waals surface area contributed by atoms with Crippen LogP contribution in [0.1, 0.15) is 43.2 Å². The number of nitrogens with zero attached hydrogens (tertiary/aromatic N) is 3. The average molecular weight is 449 g/mol. The first-order valence-electron chi connectivity index (χ1n) is 10.2. The summed E-state index contributed by atoms with van der Waals surface area (Å²) >= 11 is 0. The molecule has 0 aliphatic heterocycles. The summed E-state index contributed by atoms with van der Waals surface area (Å²) in [4.78, 5) is 29.8. The van der Waals surface area contributed by atoms with E-state index in [4.69, 9.17) is 0 Å². The number of nitrogens with one attached hydrogen (secondary N) is 2. The molecule has 0 atom stereocenters. The van der Waals surface area contributed by atoms with Gasteiger partial charge in [0, 0.05) is 25.2 Å². The highest BCUT2D eigenvalue weighted by Gasteiger charge is 2.17. The van der Waals surface area contributed by atoms with Gasteiger partial charge in [0.05, 0.1) is 6.20 Å². The van der Waals surface area contributed by atoms with Crippen LogP contribution in [0.3, 0.4) is 0 Å². The Hall–Kier alpha value is -4.14. The third-order valence-corrected chi connectivity index (χ3v) is 5.18. The molecule has 4 aromatic rings. The van der Waals surface area contributed by atoms with E-state index in [1.165, 1.54) is 28.9 Å². The first-order chi connectivity index (χ1) is 15.8. The average Bonchev–Trinajstić information content (AvgIpc) is 3.28. The van der Waals surface area contributed by atoms with Gasteiger partial charge in [-0.2, -0.15) is 5.10 Å². The maximum absolute atomic E-state index is 13.5. The molecule has 2 heterocycles. The second-order valence-corrected chi connectivity index (χ2v) is 7.66. The standard InChI is InChI=1S/C24H21F2N5O2/c1-14-9-16(3-5-18(14)25)12-27-23(32)20-11-21(31-22(30-20)7-8-29-31)24(33)28-13-17-4-6-19(26)15(2)10-17/h3-11H,12-13H2,1-2H3,(H,27,32)(H,28,33). The van der Waals surface area contributed by atoms with Crippen LogP contribution in [0.4, 0.5) is 8.78 Å². The summed E-state index contributed by atoms with van der Waals surface area (Å²) in [7, 11) is 0. The number of aryl methyl sites for hydroxylation is 2. The van der Waals surface area contributed by atoms with Crippen LogP contribution in [0.25, 0.3) is 5.65 Å². The number of hydrogen-bond donors (Lipinski definition) is 2. The van der Waals surface area contributed by atoms with Crippen molar-refractivity contribution in [1.82, 2.24) is 25.2 Å². The smallest absolute Gasteiger partial charge is 0.270 e. The van der Waals surface area contributed by atoms with E-state index in [1.54, 1.807) is 44.2 Å². The SMILES string of the molecule is Cc1cc(CNC(=O)c2cc(C(=O)NCc3ccc(F)c(C)c3)n3nccc3n2)ccc1F. The number of benzene rings is 2. The number of rotatable bonds is 6. The molecule has 0 spiro atoms. The van der Waals surface area contributed by atoms with E-state index in [2.05, 4.69) is 20.7 Å². The van der Waals surface area contributed by atoms with Gasteiger partial charge in [0.2, 0.25) is 0 Å². The second kappa shape index (κ2) is 9.15. The molecule has 0 saturated heterocycles. The van der Waals surface area contributed by atoms with E-state index in [9.17, 15) is 18.4 Å². The number of amides is 2. The van der Waals surface area contributed by atoms with Gasteiger partial charge in [-0.1, -0.05) is 24.3 Å². The zero-order valence-electron chi connectivity index (χ0n) is 18.0. The van der Waals surface area contributed by atoms with Crippen molar-refractivity contribution < 1.29 is 18.4 Å².